The van der Waals surface area contributed by atoms with Gasteiger partial charge in [0, 0.05) is 25.0 Å². The molecule has 10 heteroatoms. The minimum atomic E-state index is -4.26. The van der Waals surface area contributed by atoms with E-state index in [9.17, 15) is 13.7 Å². The molecule has 0 unspecified atom stereocenters. The maximum atomic E-state index is 13.2. The number of aromatic nitrogens is 5. The van der Waals surface area contributed by atoms with E-state index in [0.717, 1.165) is 5.56 Å². The van der Waals surface area contributed by atoms with Crippen LogP contribution in [0.2, 0.25) is 0 Å². The Labute approximate surface area is 197 Å². The van der Waals surface area contributed by atoms with Crippen molar-refractivity contribution >= 4 is 21.6 Å². The first kappa shape index (κ1) is 22.9. The lowest BCUT2D eigenvalue weighted by atomic mass is 10.1. The third kappa shape index (κ3) is 4.33. The summed E-state index contributed by atoms with van der Waals surface area (Å²) in [6.45, 7) is 5.44. The highest BCUT2D eigenvalue weighted by molar-refractivity contribution is 7.87. The third-order valence-electron chi connectivity index (χ3n) is 5.31. The van der Waals surface area contributed by atoms with Gasteiger partial charge in [0.1, 0.15) is 22.4 Å². The van der Waals surface area contributed by atoms with Gasteiger partial charge in [0.2, 0.25) is 5.76 Å². The van der Waals surface area contributed by atoms with E-state index in [4.69, 9.17) is 4.18 Å². The summed E-state index contributed by atoms with van der Waals surface area (Å²) >= 11 is 0. The lowest BCUT2D eigenvalue weighted by Crippen LogP contribution is -2.13. The molecular formula is C24H22N6O3S. The molecule has 0 saturated carbocycles. The van der Waals surface area contributed by atoms with Crippen molar-refractivity contribution in [2.75, 3.05) is 0 Å². The molecule has 0 bridgehead atoms. The van der Waals surface area contributed by atoms with Crippen molar-refractivity contribution in [1.29, 1.82) is 5.26 Å². The van der Waals surface area contributed by atoms with Crippen molar-refractivity contribution in [3.8, 4) is 17.5 Å². The predicted molar refractivity (Wildman–Crippen MR) is 126 cm³/mol. The molecule has 0 amide bonds. The Hall–Kier alpha value is -4.23. The van der Waals surface area contributed by atoms with Gasteiger partial charge in [-0.05, 0) is 51.1 Å². The third-order valence-corrected chi connectivity index (χ3v) is 6.54. The molecule has 3 aromatic heterocycles. The highest BCUT2D eigenvalue weighted by Crippen LogP contribution is 2.31. The number of rotatable bonds is 6. The van der Waals surface area contributed by atoms with Crippen LogP contribution in [-0.2, 0) is 21.3 Å². The topological polar surface area (TPSA) is 116 Å². The van der Waals surface area contributed by atoms with Crippen molar-refractivity contribution in [3.63, 3.8) is 0 Å². The highest BCUT2D eigenvalue weighted by atomic mass is 32.2. The van der Waals surface area contributed by atoms with Gasteiger partial charge in [-0.15, -0.1) is 0 Å². The molecule has 4 aromatic rings. The minimum Gasteiger partial charge on any atom is -0.373 e. The number of allylic oxidation sites excluding steroid dienone is 1. The molecule has 4 rings (SSSR count). The smallest absolute Gasteiger partial charge is 0.339 e. The molecule has 0 N–H and O–H groups in total. The minimum absolute atomic E-state index is 0.0286. The van der Waals surface area contributed by atoms with Gasteiger partial charge < -0.3 is 4.18 Å². The number of hydrogen-bond donors (Lipinski definition) is 0. The lowest BCUT2D eigenvalue weighted by molar-refractivity contribution is 0.458. The van der Waals surface area contributed by atoms with Crippen LogP contribution in [0.1, 0.15) is 22.5 Å². The van der Waals surface area contributed by atoms with Crippen LogP contribution in [-0.4, -0.2) is 33.0 Å². The van der Waals surface area contributed by atoms with E-state index in [0.29, 0.717) is 28.3 Å². The predicted octanol–water partition coefficient (Wildman–Crippen LogP) is 3.86. The van der Waals surface area contributed by atoms with Gasteiger partial charge >= 0.3 is 10.1 Å². The van der Waals surface area contributed by atoms with Crippen molar-refractivity contribution in [2.45, 2.75) is 25.7 Å². The second-order valence-electron chi connectivity index (χ2n) is 7.68. The molecule has 0 fully saturated rings. The molecule has 0 radical (unpaired) electrons. The molecule has 0 aliphatic rings. The number of nitrogens with zero attached hydrogens (tertiary/aromatic N) is 6. The van der Waals surface area contributed by atoms with E-state index in [1.165, 1.54) is 21.5 Å². The number of nitriles is 1. The molecule has 0 aliphatic carbocycles. The monoisotopic (exact) mass is 474 g/mol. The fourth-order valence-corrected chi connectivity index (χ4v) is 4.38. The molecule has 0 aliphatic heterocycles. The molecule has 9 nitrogen and oxygen atoms in total. The molecule has 1 aromatic carbocycles. The zero-order valence-corrected chi connectivity index (χ0v) is 19.9. The standard InChI is InChI=1S/C24H22N6O3S/c1-16-8-10-19(11-9-16)34(31,32)33-24(23-17(2)18(3)27-29(23)4)22(15-25)30-14-12-21(28-30)20-7-5-6-13-26-20/h5-14H,1-4H3. The van der Waals surface area contributed by atoms with Crippen molar-refractivity contribution < 1.29 is 12.6 Å². The molecular weight excluding hydrogens is 452 g/mol. The van der Waals surface area contributed by atoms with Crippen LogP contribution >= 0.6 is 0 Å². The zero-order chi connectivity index (χ0) is 24.5. The maximum Gasteiger partial charge on any atom is 0.339 e. The Morgan fingerprint density at radius 2 is 1.74 bits per heavy atom. The van der Waals surface area contributed by atoms with Gasteiger partial charge in [-0.25, -0.2) is 4.68 Å². The zero-order valence-electron chi connectivity index (χ0n) is 19.1. The van der Waals surface area contributed by atoms with Crippen molar-refractivity contribution in [1.82, 2.24) is 24.5 Å². The van der Waals surface area contributed by atoms with E-state index in [2.05, 4.69) is 21.3 Å². The maximum absolute atomic E-state index is 13.2. The Morgan fingerprint density at radius 3 is 2.32 bits per heavy atom. The van der Waals surface area contributed by atoms with Crippen LogP contribution in [0.4, 0.5) is 0 Å². The lowest BCUT2D eigenvalue weighted by Gasteiger charge is -2.14. The van der Waals surface area contributed by atoms with Crippen LogP contribution in [0.15, 0.2) is 65.8 Å². The molecule has 34 heavy (non-hydrogen) atoms. The molecule has 0 saturated heterocycles. The van der Waals surface area contributed by atoms with Gasteiger partial charge in [-0.2, -0.15) is 23.9 Å². The largest absolute Gasteiger partial charge is 0.373 e. The summed E-state index contributed by atoms with van der Waals surface area (Å²) in [5.41, 5.74) is 3.65. The van der Waals surface area contributed by atoms with Crippen LogP contribution in [0.25, 0.3) is 22.8 Å². The van der Waals surface area contributed by atoms with Crippen molar-refractivity contribution in [3.05, 3.63) is 83.4 Å². The quantitative estimate of drug-likeness (QED) is 0.237. The number of benzene rings is 1. The summed E-state index contributed by atoms with van der Waals surface area (Å²) in [7, 11) is -2.60. The second-order valence-corrected chi connectivity index (χ2v) is 9.23. The first-order valence-corrected chi connectivity index (χ1v) is 11.8. The van der Waals surface area contributed by atoms with Crippen LogP contribution in [0, 0.1) is 32.1 Å². The van der Waals surface area contributed by atoms with Gasteiger partial charge in [-0.3, -0.25) is 9.67 Å². The van der Waals surface area contributed by atoms with E-state index in [-0.39, 0.29) is 16.4 Å². The van der Waals surface area contributed by atoms with Crippen LogP contribution in [0.5, 0.6) is 0 Å². The first-order valence-electron chi connectivity index (χ1n) is 10.3. The Balaban J connectivity index is 1.90. The molecule has 0 atom stereocenters. The van der Waals surface area contributed by atoms with E-state index < -0.39 is 10.1 Å². The van der Waals surface area contributed by atoms with Crippen LogP contribution < -0.4 is 0 Å². The highest BCUT2D eigenvalue weighted by Gasteiger charge is 2.28. The van der Waals surface area contributed by atoms with Crippen molar-refractivity contribution in [2.24, 2.45) is 7.05 Å². The molecule has 3 heterocycles. The Bertz CT molecular complexity index is 1530. The summed E-state index contributed by atoms with van der Waals surface area (Å²) in [6, 6.07) is 15.4. The summed E-state index contributed by atoms with van der Waals surface area (Å²) in [5, 5.41) is 18.9. The van der Waals surface area contributed by atoms with Gasteiger partial charge in [0.15, 0.2) is 5.70 Å². The summed E-state index contributed by atoms with van der Waals surface area (Å²) in [6.07, 6.45) is 3.20. The summed E-state index contributed by atoms with van der Waals surface area (Å²) in [5.74, 6) is -0.167. The first-order chi connectivity index (χ1) is 16.2. The average molecular weight is 475 g/mol. The van der Waals surface area contributed by atoms with E-state index in [1.54, 1.807) is 63.6 Å². The van der Waals surface area contributed by atoms with Crippen LogP contribution in [0.3, 0.4) is 0 Å². The number of hydrogen-bond acceptors (Lipinski definition) is 7. The summed E-state index contributed by atoms with van der Waals surface area (Å²) in [4.78, 5) is 4.24. The number of pyridine rings is 1. The fourth-order valence-electron chi connectivity index (χ4n) is 3.44. The van der Waals surface area contributed by atoms with Gasteiger partial charge in [-0.1, -0.05) is 23.8 Å². The molecule has 172 valence electrons. The molecule has 0 spiro atoms. The fraction of sp³-hybridized carbons (Fsp3) is 0.167. The van der Waals surface area contributed by atoms with Gasteiger partial charge in [0.05, 0.1) is 11.4 Å². The van der Waals surface area contributed by atoms with E-state index in [1.807, 2.05) is 13.0 Å². The second kappa shape index (κ2) is 8.96. The normalized spacial score (nSPS) is 12.2. The average Bonchev–Trinajstić information content (AvgIpc) is 3.39. The van der Waals surface area contributed by atoms with Gasteiger partial charge in [0.25, 0.3) is 0 Å². The Morgan fingerprint density at radius 1 is 1.00 bits per heavy atom. The number of aryl methyl sites for hydroxylation is 3. The summed E-state index contributed by atoms with van der Waals surface area (Å²) < 4.78 is 34.8. The van der Waals surface area contributed by atoms with E-state index >= 15 is 0 Å². The SMILES string of the molecule is Cc1ccc(S(=O)(=O)OC(=C(C#N)n2ccc(-c3ccccn3)n2)c2c(C)c(C)nn2C)cc1. The Kier molecular flexibility index (Phi) is 6.04.